The number of aliphatic carboxylic acids is 1. The van der Waals surface area contributed by atoms with Gasteiger partial charge in [0.1, 0.15) is 0 Å². The number of carboxylic acid groups (broad SMARTS) is 1. The molecule has 2 aliphatic rings. The minimum absolute atomic E-state index is 0.363. The predicted octanol–water partition coefficient (Wildman–Crippen LogP) is 0.557. The van der Waals surface area contributed by atoms with E-state index < -0.39 is 5.97 Å². The van der Waals surface area contributed by atoms with Crippen molar-refractivity contribution < 1.29 is 9.90 Å². The van der Waals surface area contributed by atoms with Crippen LogP contribution >= 0.6 is 0 Å². The second-order valence-electron chi connectivity index (χ2n) is 3.72. The van der Waals surface area contributed by atoms with E-state index in [4.69, 9.17) is 5.11 Å². The molecule has 0 spiro atoms. The topological polar surface area (TPSA) is 40.5 Å². The van der Waals surface area contributed by atoms with Gasteiger partial charge in [0, 0.05) is 6.54 Å². The van der Waals surface area contributed by atoms with Gasteiger partial charge in [0.05, 0.1) is 5.41 Å². The lowest BCUT2D eigenvalue weighted by Crippen LogP contribution is -2.39. The van der Waals surface area contributed by atoms with E-state index >= 15 is 0 Å². The zero-order chi connectivity index (χ0) is 7.90. The number of piperidine rings is 1. The number of nitrogens with zero attached hydrogens (tertiary/aromatic N) is 1. The molecule has 0 saturated carbocycles. The Bertz CT molecular complexity index is 189. The highest BCUT2D eigenvalue weighted by molar-refractivity contribution is 5.75. The van der Waals surface area contributed by atoms with E-state index in [-0.39, 0.29) is 5.41 Å². The molecular formula is C8H13NO2. The van der Waals surface area contributed by atoms with Gasteiger partial charge < -0.3 is 10.0 Å². The Morgan fingerprint density at radius 1 is 1.36 bits per heavy atom. The summed E-state index contributed by atoms with van der Waals surface area (Å²) in [4.78, 5) is 13.2. The average Bonchev–Trinajstić information content (AvgIpc) is 2.29. The van der Waals surface area contributed by atoms with Crippen LogP contribution < -0.4 is 0 Å². The number of fused-ring (bicyclic) bond motifs is 2. The van der Waals surface area contributed by atoms with Crippen LogP contribution in [0.3, 0.4) is 0 Å². The first-order valence-corrected chi connectivity index (χ1v) is 4.19. The number of carbonyl (C=O) groups is 1. The summed E-state index contributed by atoms with van der Waals surface area (Å²) >= 11 is 0. The first-order valence-electron chi connectivity index (χ1n) is 4.19. The van der Waals surface area contributed by atoms with Crippen molar-refractivity contribution in [3.63, 3.8) is 0 Å². The van der Waals surface area contributed by atoms with Gasteiger partial charge in [0.2, 0.25) is 0 Å². The standard InChI is InChI=1S/C8H13NO2/c10-7(11)8-2-1-4-9(6-8)5-3-8/h1-6H2,(H,10,11). The summed E-state index contributed by atoms with van der Waals surface area (Å²) < 4.78 is 0. The van der Waals surface area contributed by atoms with Crippen LogP contribution in [0.1, 0.15) is 19.3 Å². The molecule has 0 amide bonds. The average molecular weight is 155 g/mol. The van der Waals surface area contributed by atoms with E-state index in [2.05, 4.69) is 4.90 Å². The molecule has 2 bridgehead atoms. The molecule has 3 nitrogen and oxygen atoms in total. The molecule has 2 heterocycles. The molecule has 0 aromatic heterocycles. The fraction of sp³-hybridized carbons (Fsp3) is 0.875. The zero-order valence-electron chi connectivity index (χ0n) is 6.55. The minimum Gasteiger partial charge on any atom is -0.481 e. The van der Waals surface area contributed by atoms with Crippen molar-refractivity contribution in [1.29, 1.82) is 0 Å². The molecule has 0 aliphatic carbocycles. The lowest BCUT2D eigenvalue weighted by atomic mass is 9.81. The molecule has 2 atom stereocenters. The molecular weight excluding hydrogens is 142 g/mol. The third-order valence-corrected chi connectivity index (χ3v) is 3.02. The highest BCUT2D eigenvalue weighted by Crippen LogP contribution is 2.39. The summed E-state index contributed by atoms with van der Waals surface area (Å²) in [6, 6.07) is 0. The van der Waals surface area contributed by atoms with E-state index in [1.807, 2.05) is 0 Å². The second-order valence-corrected chi connectivity index (χ2v) is 3.72. The summed E-state index contributed by atoms with van der Waals surface area (Å²) in [5, 5.41) is 8.99. The molecule has 2 aliphatic heterocycles. The van der Waals surface area contributed by atoms with Crippen molar-refractivity contribution in [2.24, 2.45) is 5.41 Å². The maximum atomic E-state index is 10.9. The maximum Gasteiger partial charge on any atom is 0.310 e. The highest BCUT2D eigenvalue weighted by Gasteiger charge is 2.46. The van der Waals surface area contributed by atoms with Crippen molar-refractivity contribution in [2.75, 3.05) is 19.6 Å². The fourth-order valence-corrected chi connectivity index (χ4v) is 2.28. The lowest BCUT2D eigenvalue weighted by molar-refractivity contribution is -0.149. The molecule has 2 saturated heterocycles. The van der Waals surface area contributed by atoms with Crippen molar-refractivity contribution in [3.8, 4) is 0 Å². The third kappa shape index (κ3) is 0.948. The van der Waals surface area contributed by atoms with Crippen molar-refractivity contribution in [3.05, 3.63) is 0 Å². The normalized spacial score (nSPS) is 42.4. The van der Waals surface area contributed by atoms with Crippen molar-refractivity contribution >= 4 is 5.97 Å². The summed E-state index contributed by atoms with van der Waals surface area (Å²) in [5.41, 5.74) is -0.363. The van der Waals surface area contributed by atoms with Crippen LogP contribution in [-0.2, 0) is 4.79 Å². The molecule has 62 valence electrons. The van der Waals surface area contributed by atoms with Gasteiger partial charge in [0.25, 0.3) is 0 Å². The van der Waals surface area contributed by atoms with Gasteiger partial charge >= 0.3 is 5.97 Å². The molecule has 2 rings (SSSR count). The van der Waals surface area contributed by atoms with Gasteiger partial charge in [-0.2, -0.15) is 0 Å². The molecule has 3 heteroatoms. The van der Waals surface area contributed by atoms with Crippen molar-refractivity contribution in [1.82, 2.24) is 4.90 Å². The van der Waals surface area contributed by atoms with Crippen LogP contribution in [-0.4, -0.2) is 35.6 Å². The van der Waals surface area contributed by atoms with E-state index in [0.29, 0.717) is 0 Å². The van der Waals surface area contributed by atoms with Crippen LogP contribution in [0.2, 0.25) is 0 Å². The summed E-state index contributed by atoms with van der Waals surface area (Å²) in [6.45, 7) is 2.89. The molecule has 2 unspecified atom stereocenters. The summed E-state index contributed by atoms with van der Waals surface area (Å²) in [6.07, 6.45) is 2.81. The highest BCUT2D eigenvalue weighted by atomic mass is 16.4. The smallest absolute Gasteiger partial charge is 0.310 e. The first kappa shape index (κ1) is 7.10. The third-order valence-electron chi connectivity index (χ3n) is 3.02. The SMILES string of the molecule is O=C(O)C12CCCN(CC1)C2. The second kappa shape index (κ2) is 2.21. The molecule has 0 radical (unpaired) electrons. The molecule has 0 aromatic rings. The van der Waals surface area contributed by atoms with Gasteiger partial charge in [-0.15, -0.1) is 0 Å². The van der Waals surface area contributed by atoms with Gasteiger partial charge in [-0.25, -0.2) is 0 Å². The van der Waals surface area contributed by atoms with Gasteiger partial charge in [-0.05, 0) is 32.4 Å². The number of hydrogen-bond acceptors (Lipinski definition) is 2. The number of hydrogen-bond donors (Lipinski definition) is 1. The largest absolute Gasteiger partial charge is 0.481 e. The fourth-order valence-electron chi connectivity index (χ4n) is 2.28. The Hall–Kier alpha value is -0.570. The molecule has 11 heavy (non-hydrogen) atoms. The lowest BCUT2D eigenvalue weighted by Gasteiger charge is -2.29. The van der Waals surface area contributed by atoms with E-state index in [1.54, 1.807) is 0 Å². The molecule has 2 fully saturated rings. The Labute approximate surface area is 66.0 Å². The van der Waals surface area contributed by atoms with Crippen LogP contribution in [0, 0.1) is 5.41 Å². The first-order chi connectivity index (χ1) is 5.23. The van der Waals surface area contributed by atoms with Crippen LogP contribution in [0.4, 0.5) is 0 Å². The minimum atomic E-state index is -0.584. The zero-order valence-corrected chi connectivity index (χ0v) is 6.55. The molecule has 0 aromatic carbocycles. The van der Waals surface area contributed by atoms with Crippen LogP contribution in [0.25, 0.3) is 0 Å². The Kier molecular flexibility index (Phi) is 1.42. The van der Waals surface area contributed by atoms with Crippen LogP contribution in [0.5, 0.6) is 0 Å². The van der Waals surface area contributed by atoms with Crippen molar-refractivity contribution in [2.45, 2.75) is 19.3 Å². The summed E-state index contributed by atoms with van der Waals surface area (Å²) in [5.74, 6) is -0.584. The van der Waals surface area contributed by atoms with Gasteiger partial charge in [-0.1, -0.05) is 0 Å². The molecule has 1 N–H and O–H groups in total. The van der Waals surface area contributed by atoms with E-state index in [9.17, 15) is 4.79 Å². The predicted molar refractivity (Wildman–Crippen MR) is 40.4 cm³/mol. The van der Waals surface area contributed by atoms with E-state index in [0.717, 1.165) is 38.9 Å². The Morgan fingerprint density at radius 3 is 2.82 bits per heavy atom. The number of rotatable bonds is 1. The Morgan fingerprint density at radius 2 is 2.18 bits per heavy atom. The quantitative estimate of drug-likeness (QED) is 0.601. The maximum absolute atomic E-state index is 10.9. The van der Waals surface area contributed by atoms with E-state index in [1.165, 1.54) is 0 Å². The monoisotopic (exact) mass is 155 g/mol. The Balaban J connectivity index is 2.19. The van der Waals surface area contributed by atoms with Crippen LogP contribution in [0.15, 0.2) is 0 Å². The summed E-state index contributed by atoms with van der Waals surface area (Å²) in [7, 11) is 0. The van der Waals surface area contributed by atoms with Gasteiger partial charge in [0.15, 0.2) is 0 Å². The number of carboxylic acids is 1. The van der Waals surface area contributed by atoms with Gasteiger partial charge in [-0.3, -0.25) is 4.79 Å².